The Morgan fingerprint density at radius 2 is 2.08 bits per heavy atom. The van der Waals surface area contributed by atoms with E-state index in [1.165, 1.54) is 10.7 Å². The molecule has 0 aliphatic heterocycles. The van der Waals surface area contributed by atoms with Crippen LogP contribution in [0.4, 0.5) is 5.82 Å². The second-order valence-corrected chi connectivity index (χ2v) is 6.27. The van der Waals surface area contributed by atoms with Gasteiger partial charge in [0.2, 0.25) is 5.91 Å². The summed E-state index contributed by atoms with van der Waals surface area (Å²) >= 11 is 0. The van der Waals surface area contributed by atoms with Crippen molar-refractivity contribution in [2.24, 2.45) is 5.92 Å². The highest BCUT2D eigenvalue weighted by molar-refractivity contribution is 5.78. The van der Waals surface area contributed by atoms with Gasteiger partial charge in [0.05, 0.1) is 35.0 Å². The van der Waals surface area contributed by atoms with Crippen molar-refractivity contribution in [3.05, 3.63) is 39.3 Å². The molecule has 9 heteroatoms. The molecule has 2 heterocycles. The molecule has 0 unspecified atom stereocenters. The van der Waals surface area contributed by atoms with Crippen molar-refractivity contribution in [3.8, 4) is 0 Å². The van der Waals surface area contributed by atoms with E-state index in [2.05, 4.69) is 10.2 Å². The molecular formula is C16H24N6O3. The van der Waals surface area contributed by atoms with Crippen LogP contribution in [0, 0.1) is 29.9 Å². The fourth-order valence-corrected chi connectivity index (χ4v) is 2.69. The van der Waals surface area contributed by atoms with Crippen molar-refractivity contribution in [2.45, 2.75) is 47.3 Å². The number of carbonyl (C=O) groups is 1. The van der Waals surface area contributed by atoms with Gasteiger partial charge < -0.3 is 15.0 Å². The molecule has 0 aliphatic rings. The Kier molecular flexibility index (Phi) is 5.55. The lowest BCUT2D eigenvalue weighted by Gasteiger charge is -2.20. The van der Waals surface area contributed by atoms with Crippen molar-refractivity contribution in [2.75, 3.05) is 7.05 Å². The molecule has 25 heavy (non-hydrogen) atoms. The third kappa shape index (κ3) is 4.23. The highest BCUT2D eigenvalue weighted by Gasteiger charge is 2.23. The van der Waals surface area contributed by atoms with Gasteiger partial charge in [-0.25, -0.2) is 0 Å². The predicted molar refractivity (Wildman–Crippen MR) is 91.9 cm³/mol. The molecule has 0 aromatic carbocycles. The smallest absolute Gasteiger partial charge is 0.358 e. The Labute approximate surface area is 146 Å². The van der Waals surface area contributed by atoms with Crippen LogP contribution in [-0.4, -0.2) is 42.3 Å². The first-order valence-electron chi connectivity index (χ1n) is 8.19. The number of carbonyl (C=O) groups excluding carboxylic acids is 1. The molecule has 0 aliphatic carbocycles. The van der Waals surface area contributed by atoms with E-state index in [4.69, 9.17) is 0 Å². The van der Waals surface area contributed by atoms with Crippen molar-refractivity contribution in [1.29, 1.82) is 0 Å². The first-order chi connectivity index (χ1) is 11.7. The van der Waals surface area contributed by atoms with E-state index in [-0.39, 0.29) is 17.6 Å². The molecule has 136 valence electrons. The number of amides is 1. The largest absolute Gasteiger partial charge is 0.390 e. The first kappa shape index (κ1) is 18.6. The SMILES string of the molecule is CCn1cc(CN(C)C(=O)[C@H](C)Cn2nc([N+](=O)[O-])cc2C)c(C)n1. The molecule has 0 spiro atoms. The number of hydrogen-bond acceptors (Lipinski definition) is 5. The van der Waals surface area contributed by atoms with E-state index < -0.39 is 4.92 Å². The third-order valence-electron chi connectivity index (χ3n) is 4.18. The third-order valence-corrected chi connectivity index (χ3v) is 4.18. The van der Waals surface area contributed by atoms with E-state index in [1.54, 1.807) is 25.8 Å². The predicted octanol–water partition coefficient (Wildman–Crippen LogP) is 1.92. The second-order valence-electron chi connectivity index (χ2n) is 6.27. The number of nitrogens with zero attached hydrogens (tertiary/aromatic N) is 6. The quantitative estimate of drug-likeness (QED) is 0.562. The van der Waals surface area contributed by atoms with E-state index in [1.807, 2.05) is 24.7 Å². The summed E-state index contributed by atoms with van der Waals surface area (Å²) in [6.07, 6.45) is 1.95. The maximum absolute atomic E-state index is 12.6. The molecule has 2 aromatic rings. The molecular weight excluding hydrogens is 324 g/mol. The highest BCUT2D eigenvalue weighted by atomic mass is 16.6. The maximum Gasteiger partial charge on any atom is 0.390 e. The summed E-state index contributed by atoms with van der Waals surface area (Å²) in [5.41, 5.74) is 2.58. The molecule has 0 radical (unpaired) electrons. The zero-order valence-corrected chi connectivity index (χ0v) is 15.3. The van der Waals surface area contributed by atoms with E-state index in [9.17, 15) is 14.9 Å². The van der Waals surface area contributed by atoms with Crippen molar-refractivity contribution >= 4 is 11.7 Å². The maximum atomic E-state index is 12.6. The van der Waals surface area contributed by atoms with Crippen LogP contribution >= 0.6 is 0 Å². The van der Waals surface area contributed by atoms with Crippen LogP contribution in [-0.2, 0) is 24.4 Å². The highest BCUT2D eigenvalue weighted by Crippen LogP contribution is 2.15. The molecule has 2 aromatic heterocycles. The van der Waals surface area contributed by atoms with Crippen LogP contribution in [0.25, 0.3) is 0 Å². The summed E-state index contributed by atoms with van der Waals surface area (Å²) in [7, 11) is 1.75. The van der Waals surface area contributed by atoms with Crippen LogP contribution in [0.2, 0.25) is 0 Å². The van der Waals surface area contributed by atoms with Crippen molar-refractivity contribution in [1.82, 2.24) is 24.5 Å². The topological polar surface area (TPSA) is 99.1 Å². The van der Waals surface area contributed by atoms with Gasteiger partial charge in [-0.05, 0) is 25.7 Å². The van der Waals surface area contributed by atoms with Crippen molar-refractivity contribution < 1.29 is 9.72 Å². The minimum absolute atomic E-state index is 0.0406. The van der Waals surface area contributed by atoms with Gasteiger partial charge >= 0.3 is 5.82 Å². The summed E-state index contributed by atoms with van der Waals surface area (Å²) in [5.74, 6) is -0.584. The Hall–Kier alpha value is -2.71. The minimum atomic E-state index is -0.531. The normalized spacial score (nSPS) is 12.2. The monoisotopic (exact) mass is 348 g/mol. The van der Waals surface area contributed by atoms with E-state index in [0.29, 0.717) is 18.8 Å². The second kappa shape index (κ2) is 7.45. The lowest BCUT2D eigenvalue weighted by atomic mass is 10.1. The van der Waals surface area contributed by atoms with Gasteiger partial charge in [0, 0.05) is 31.9 Å². The number of rotatable bonds is 7. The molecule has 2 rings (SSSR count). The van der Waals surface area contributed by atoms with Gasteiger partial charge in [0.25, 0.3) is 0 Å². The zero-order chi connectivity index (χ0) is 18.7. The number of hydrogen-bond donors (Lipinski definition) is 0. The van der Waals surface area contributed by atoms with Gasteiger partial charge in [-0.15, -0.1) is 0 Å². The Bertz CT molecular complexity index is 779. The zero-order valence-electron chi connectivity index (χ0n) is 15.3. The fourth-order valence-electron chi connectivity index (χ4n) is 2.69. The summed E-state index contributed by atoms with van der Waals surface area (Å²) in [6.45, 7) is 9.04. The van der Waals surface area contributed by atoms with E-state index >= 15 is 0 Å². The molecule has 0 saturated carbocycles. The molecule has 0 saturated heterocycles. The molecule has 0 bridgehead atoms. The molecule has 1 atom stereocenters. The number of aromatic nitrogens is 4. The first-order valence-corrected chi connectivity index (χ1v) is 8.19. The van der Waals surface area contributed by atoms with Crippen molar-refractivity contribution in [3.63, 3.8) is 0 Å². The average Bonchev–Trinajstić information content (AvgIpc) is 3.10. The Balaban J connectivity index is 2.03. The van der Waals surface area contributed by atoms with Gasteiger partial charge in [-0.1, -0.05) is 6.92 Å². The molecule has 0 N–H and O–H groups in total. The van der Waals surface area contributed by atoms with Gasteiger partial charge in [-0.3, -0.25) is 9.48 Å². The van der Waals surface area contributed by atoms with Crippen LogP contribution in [0.3, 0.4) is 0 Å². The molecule has 1 amide bonds. The minimum Gasteiger partial charge on any atom is -0.358 e. The fraction of sp³-hybridized carbons (Fsp3) is 0.562. The summed E-state index contributed by atoms with van der Waals surface area (Å²) in [5, 5.41) is 19.1. The number of aryl methyl sites for hydroxylation is 3. The van der Waals surface area contributed by atoms with Gasteiger partial charge in [0.15, 0.2) is 0 Å². The Morgan fingerprint density at radius 1 is 1.40 bits per heavy atom. The lowest BCUT2D eigenvalue weighted by Crippen LogP contribution is -2.33. The molecule has 0 fully saturated rings. The Morgan fingerprint density at radius 3 is 2.60 bits per heavy atom. The summed E-state index contributed by atoms with van der Waals surface area (Å²) in [6, 6.07) is 1.41. The molecule has 9 nitrogen and oxygen atoms in total. The summed E-state index contributed by atoms with van der Waals surface area (Å²) in [4.78, 5) is 24.5. The average molecular weight is 348 g/mol. The van der Waals surface area contributed by atoms with Crippen LogP contribution in [0.5, 0.6) is 0 Å². The standard InChI is InChI=1S/C16H24N6O3/c1-6-20-10-14(13(4)17-20)9-19(5)16(23)11(2)8-21-12(3)7-15(18-21)22(24)25/h7,10-11H,6,8-9H2,1-5H3/t11-/m1/s1. The van der Waals surface area contributed by atoms with Crippen LogP contribution in [0.15, 0.2) is 12.3 Å². The van der Waals surface area contributed by atoms with Gasteiger partial charge in [-0.2, -0.15) is 9.78 Å². The lowest BCUT2D eigenvalue weighted by molar-refractivity contribution is -0.389. The number of nitro groups is 1. The van der Waals surface area contributed by atoms with Crippen LogP contribution in [0.1, 0.15) is 30.8 Å². The van der Waals surface area contributed by atoms with Gasteiger partial charge in [0.1, 0.15) is 0 Å². The summed E-state index contributed by atoms with van der Waals surface area (Å²) < 4.78 is 3.35. The van der Waals surface area contributed by atoms with Crippen LogP contribution < -0.4 is 0 Å². The van der Waals surface area contributed by atoms with E-state index in [0.717, 1.165) is 17.8 Å².